The van der Waals surface area contributed by atoms with Crippen LogP contribution in [0.3, 0.4) is 0 Å². The summed E-state index contributed by atoms with van der Waals surface area (Å²) in [4.78, 5) is 15.6. The molecule has 0 spiro atoms. The van der Waals surface area contributed by atoms with Crippen LogP contribution in [0.4, 0.5) is 0 Å². The van der Waals surface area contributed by atoms with Gasteiger partial charge in [-0.3, -0.25) is 0 Å². The minimum atomic E-state index is 0.626. The van der Waals surface area contributed by atoms with Crippen molar-refractivity contribution in [3.8, 4) is 62.1 Å². The summed E-state index contributed by atoms with van der Waals surface area (Å²) in [5.74, 6) is 1.90. The normalized spacial score (nSPS) is 11.6. The molecule has 3 heterocycles. The molecule has 3 aromatic heterocycles. The number of benzene rings is 8. The second kappa shape index (κ2) is 13.3. The lowest BCUT2D eigenvalue weighted by molar-refractivity contribution is 1.06. The van der Waals surface area contributed by atoms with E-state index in [-0.39, 0.29) is 0 Å². The van der Waals surface area contributed by atoms with Gasteiger partial charge in [-0.15, -0.1) is 11.3 Å². The van der Waals surface area contributed by atoms with Gasteiger partial charge in [0.1, 0.15) is 0 Å². The molecule has 0 saturated heterocycles. The van der Waals surface area contributed by atoms with Gasteiger partial charge in [0, 0.05) is 53.2 Å². The van der Waals surface area contributed by atoms with E-state index in [1.807, 2.05) is 29.5 Å². The van der Waals surface area contributed by atoms with Gasteiger partial charge in [0.2, 0.25) is 0 Å². The molecule has 0 atom stereocenters. The SMILES string of the molecule is c1ccc(-c2cc(-c3ccccc3)c3sc4cc(-c5nc(-c6ccccc6)nc(-c6ccccc6-n6c7ccccc7c7ccccc76)n5)ccc4c3c2)cc1. The van der Waals surface area contributed by atoms with Crippen molar-refractivity contribution in [2.75, 3.05) is 0 Å². The number of para-hydroxylation sites is 3. The quantitative estimate of drug-likeness (QED) is 0.171. The third-order valence-electron chi connectivity index (χ3n) is 10.7. The molecule has 0 aliphatic heterocycles. The molecule has 8 aromatic carbocycles. The van der Waals surface area contributed by atoms with E-state index < -0.39 is 0 Å². The maximum Gasteiger partial charge on any atom is 0.166 e. The molecule has 0 amide bonds. The zero-order chi connectivity index (χ0) is 37.0. The van der Waals surface area contributed by atoms with Crippen molar-refractivity contribution >= 4 is 53.3 Å². The molecule has 0 aliphatic rings. The van der Waals surface area contributed by atoms with Crippen LogP contribution in [0.15, 0.2) is 194 Å². The Labute approximate surface area is 327 Å². The molecule has 56 heavy (non-hydrogen) atoms. The van der Waals surface area contributed by atoms with Gasteiger partial charge < -0.3 is 4.57 Å². The minimum absolute atomic E-state index is 0.626. The van der Waals surface area contributed by atoms with E-state index in [0.29, 0.717) is 17.5 Å². The predicted octanol–water partition coefficient (Wildman–Crippen LogP) is 13.7. The van der Waals surface area contributed by atoms with Crippen molar-refractivity contribution in [3.63, 3.8) is 0 Å². The Balaban J connectivity index is 1.12. The molecule has 5 heteroatoms. The standard InChI is InChI=1S/C51H32N4S/c1-4-16-33(17-5-1)37-30-42(34-18-6-2-7-19-34)48-43(31-37)40-29-28-36(32-47(40)56-48)50-52-49(35-20-8-3-9-21-35)53-51(54-50)41-24-12-15-27-46(41)55-44-25-13-10-22-38(44)39-23-11-14-26-45(39)55/h1-32H. The van der Waals surface area contributed by atoms with Crippen molar-refractivity contribution in [2.45, 2.75) is 0 Å². The van der Waals surface area contributed by atoms with Crippen molar-refractivity contribution in [1.29, 1.82) is 0 Å². The number of aromatic nitrogens is 4. The molecule has 0 fully saturated rings. The molecule has 11 aromatic rings. The van der Waals surface area contributed by atoms with Crippen molar-refractivity contribution in [2.24, 2.45) is 0 Å². The second-order valence-electron chi connectivity index (χ2n) is 14.0. The van der Waals surface area contributed by atoms with E-state index in [4.69, 9.17) is 15.0 Å². The number of nitrogens with zero attached hydrogens (tertiary/aromatic N) is 4. The topological polar surface area (TPSA) is 43.6 Å². The van der Waals surface area contributed by atoms with Crippen LogP contribution in [0.25, 0.3) is 104 Å². The molecule has 0 aliphatic carbocycles. The van der Waals surface area contributed by atoms with Crippen LogP contribution in [0.2, 0.25) is 0 Å². The number of fused-ring (bicyclic) bond motifs is 6. The van der Waals surface area contributed by atoms with Crippen LogP contribution in [0.1, 0.15) is 0 Å². The average molecular weight is 733 g/mol. The average Bonchev–Trinajstić information content (AvgIpc) is 3.82. The summed E-state index contributed by atoms with van der Waals surface area (Å²) in [7, 11) is 0. The molecule has 0 radical (unpaired) electrons. The van der Waals surface area contributed by atoms with E-state index in [1.165, 1.54) is 53.2 Å². The zero-order valence-corrected chi connectivity index (χ0v) is 31.0. The van der Waals surface area contributed by atoms with Crippen molar-refractivity contribution in [3.05, 3.63) is 194 Å². The first-order valence-electron chi connectivity index (χ1n) is 18.8. The van der Waals surface area contributed by atoms with Crippen molar-refractivity contribution in [1.82, 2.24) is 19.5 Å². The Morgan fingerprint density at radius 2 is 0.893 bits per heavy atom. The summed E-state index contributed by atoms with van der Waals surface area (Å²) >= 11 is 1.83. The van der Waals surface area contributed by atoms with Gasteiger partial charge in [0.15, 0.2) is 17.5 Å². The Bertz CT molecular complexity index is 3190. The first-order valence-corrected chi connectivity index (χ1v) is 19.6. The summed E-state index contributed by atoms with van der Waals surface area (Å²) in [5, 5.41) is 4.89. The van der Waals surface area contributed by atoms with E-state index in [9.17, 15) is 0 Å². The highest BCUT2D eigenvalue weighted by molar-refractivity contribution is 7.26. The third-order valence-corrected chi connectivity index (χ3v) is 11.9. The van der Waals surface area contributed by atoms with Gasteiger partial charge in [-0.05, 0) is 59.2 Å². The number of thiophene rings is 1. The molecule has 0 N–H and O–H groups in total. The first-order chi connectivity index (χ1) is 27.8. The van der Waals surface area contributed by atoms with Crippen LogP contribution in [0, 0.1) is 0 Å². The van der Waals surface area contributed by atoms with Gasteiger partial charge in [0.05, 0.1) is 16.7 Å². The highest BCUT2D eigenvalue weighted by Crippen LogP contribution is 2.44. The predicted molar refractivity (Wildman–Crippen MR) is 234 cm³/mol. The van der Waals surface area contributed by atoms with E-state index in [1.54, 1.807) is 0 Å². The van der Waals surface area contributed by atoms with Gasteiger partial charge in [-0.1, -0.05) is 152 Å². The third kappa shape index (κ3) is 5.40. The number of hydrogen-bond donors (Lipinski definition) is 0. The maximum absolute atomic E-state index is 5.28. The summed E-state index contributed by atoms with van der Waals surface area (Å²) in [6.45, 7) is 0. The molecule has 11 rings (SSSR count). The lowest BCUT2D eigenvalue weighted by atomic mass is 9.96. The largest absolute Gasteiger partial charge is 0.309 e. The Hall–Kier alpha value is -7.21. The van der Waals surface area contributed by atoms with E-state index in [2.05, 4.69) is 180 Å². The smallest absolute Gasteiger partial charge is 0.166 e. The van der Waals surface area contributed by atoms with Gasteiger partial charge >= 0.3 is 0 Å². The zero-order valence-electron chi connectivity index (χ0n) is 30.2. The molecule has 262 valence electrons. The first kappa shape index (κ1) is 32.2. The van der Waals surface area contributed by atoms with Crippen LogP contribution >= 0.6 is 11.3 Å². The fourth-order valence-corrected chi connectivity index (χ4v) is 9.29. The second-order valence-corrected chi connectivity index (χ2v) is 15.1. The molecule has 0 saturated carbocycles. The number of rotatable bonds is 6. The van der Waals surface area contributed by atoms with Gasteiger partial charge in [0.25, 0.3) is 0 Å². The molecular formula is C51H32N4S. The van der Waals surface area contributed by atoms with Crippen LogP contribution in [-0.4, -0.2) is 19.5 Å². The van der Waals surface area contributed by atoms with Crippen LogP contribution in [-0.2, 0) is 0 Å². The van der Waals surface area contributed by atoms with E-state index >= 15 is 0 Å². The molecular weight excluding hydrogens is 701 g/mol. The minimum Gasteiger partial charge on any atom is -0.309 e. The molecule has 0 bridgehead atoms. The van der Waals surface area contributed by atoms with Gasteiger partial charge in [-0.2, -0.15) is 0 Å². The van der Waals surface area contributed by atoms with Crippen LogP contribution < -0.4 is 0 Å². The molecule has 4 nitrogen and oxygen atoms in total. The lowest BCUT2D eigenvalue weighted by Crippen LogP contribution is -2.03. The van der Waals surface area contributed by atoms with Crippen molar-refractivity contribution < 1.29 is 0 Å². The molecule has 0 unspecified atom stereocenters. The lowest BCUT2D eigenvalue weighted by Gasteiger charge is -2.14. The fourth-order valence-electron chi connectivity index (χ4n) is 8.03. The van der Waals surface area contributed by atoms with Gasteiger partial charge in [-0.25, -0.2) is 15.0 Å². The summed E-state index contributed by atoms with van der Waals surface area (Å²) < 4.78 is 4.79. The summed E-state index contributed by atoms with van der Waals surface area (Å²) in [6.07, 6.45) is 0. The monoisotopic (exact) mass is 732 g/mol. The highest BCUT2D eigenvalue weighted by Gasteiger charge is 2.20. The Kier molecular flexibility index (Phi) is 7.64. The summed E-state index contributed by atoms with van der Waals surface area (Å²) in [5.41, 5.74) is 11.0. The Morgan fingerprint density at radius 1 is 0.339 bits per heavy atom. The fraction of sp³-hybridized carbons (Fsp3) is 0. The Morgan fingerprint density at radius 3 is 1.59 bits per heavy atom. The van der Waals surface area contributed by atoms with E-state index in [0.717, 1.165) is 33.4 Å². The number of hydrogen-bond acceptors (Lipinski definition) is 4. The summed E-state index contributed by atoms with van der Waals surface area (Å²) in [6, 6.07) is 68.5. The maximum atomic E-state index is 5.28. The van der Waals surface area contributed by atoms with Crippen LogP contribution in [0.5, 0.6) is 0 Å². The highest BCUT2D eigenvalue weighted by atomic mass is 32.1.